The Balaban J connectivity index is -0.000000282. The molecule has 17 heavy (non-hydrogen) atoms. The van der Waals surface area contributed by atoms with E-state index in [1.807, 2.05) is 0 Å². The summed E-state index contributed by atoms with van der Waals surface area (Å²) in [6.45, 7) is 0.930. The van der Waals surface area contributed by atoms with E-state index in [1.54, 1.807) is 0 Å². The first-order valence-corrected chi connectivity index (χ1v) is 3.62. The van der Waals surface area contributed by atoms with Gasteiger partial charge in [0, 0.05) is 88.7 Å². The number of rotatable bonds is 5. The third-order valence-corrected chi connectivity index (χ3v) is 1.88. The molecule has 0 aromatic rings. The average molecular weight is 275 g/mol. The van der Waals surface area contributed by atoms with Crippen molar-refractivity contribution in [3.63, 3.8) is 0 Å². The molecule has 2 unspecified atom stereocenters. The van der Waals surface area contributed by atoms with Gasteiger partial charge in [-0.05, 0) is 6.92 Å². The summed E-state index contributed by atoms with van der Waals surface area (Å²) in [7, 11) is 0. The number of aliphatic hydroxyl groups is 1. The van der Waals surface area contributed by atoms with Gasteiger partial charge in [0.2, 0.25) is 0 Å². The van der Waals surface area contributed by atoms with Crippen LogP contribution in [0.3, 0.4) is 0 Å². The summed E-state index contributed by atoms with van der Waals surface area (Å²) in [6, 6.07) is 0. The predicted molar refractivity (Wildman–Crippen MR) is 58.9 cm³/mol. The SMILES string of the molecule is CC(C(=O)O)C(O)(CC(=O)O)C(=O)O.[Na].[Na].[Na]. The van der Waals surface area contributed by atoms with E-state index in [2.05, 4.69) is 0 Å². The van der Waals surface area contributed by atoms with Crippen LogP contribution in [-0.4, -0.2) is 133 Å². The van der Waals surface area contributed by atoms with Gasteiger partial charge >= 0.3 is 17.9 Å². The first-order chi connectivity index (χ1) is 6.21. The number of carboxylic acids is 3. The van der Waals surface area contributed by atoms with Crippen molar-refractivity contribution in [3.05, 3.63) is 0 Å². The Morgan fingerprint density at radius 1 is 1.06 bits per heavy atom. The largest absolute Gasteiger partial charge is 0.481 e. The molecular formula is C7H10Na3O7. The fourth-order valence-electron chi connectivity index (χ4n) is 0.849. The summed E-state index contributed by atoms with van der Waals surface area (Å²) in [5.74, 6) is -6.72. The van der Waals surface area contributed by atoms with Gasteiger partial charge in [0.25, 0.3) is 0 Å². The number of hydrogen-bond donors (Lipinski definition) is 4. The topological polar surface area (TPSA) is 132 Å². The van der Waals surface area contributed by atoms with Crippen molar-refractivity contribution < 1.29 is 34.8 Å². The van der Waals surface area contributed by atoms with E-state index < -0.39 is 35.8 Å². The van der Waals surface area contributed by atoms with Crippen molar-refractivity contribution >= 4 is 107 Å². The predicted octanol–water partition coefficient (Wildman–Crippen LogP) is -2.14. The summed E-state index contributed by atoms with van der Waals surface area (Å²) in [5, 5.41) is 34.6. The quantitative estimate of drug-likeness (QED) is 0.421. The van der Waals surface area contributed by atoms with E-state index in [0.717, 1.165) is 6.92 Å². The van der Waals surface area contributed by atoms with E-state index in [4.69, 9.17) is 15.3 Å². The standard InChI is InChI=1S/C7H10O7.3Na/c1-3(5(10)11)7(14,6(12)13)2-4(8)9;;;/h3,14H,2H2,1H3,(H,8,9)(H,10,11)(H,12,13);;;. The second-order valence-electron chi connectivity index (χ2n) is 2.86. The van der Waals surface area contributed by atoms with Crippen LogP contribution < -0.4 is 0 Å². The van der Waals surface area contributed by atoms with E-state index in [9.17, 15) is 19.5 Å². The molecule has 0 fully saturated rings. The van der Waals surface area contributed by atoms with Crippen LogP contribution in [0.4, 0.5) is 0 Å². The number of hydrogen-bond acceptors (Lipinski definition) is 4. The van der Waals surface area contributed by atoms with E-state index in [0.29, 0.717) is 0 Å². The van der Waals surface area contributed by atoms with Crippen LogP contribution in [0.25, 0.3) is 0 Å². The van der Waals surface area contributed by atoms with Crippen LogP contribution in [0.1, 0.15) is 13.3 Å². The Morgan fingerprint density at radius 2 is 1.41 bits per heavy atom. The van der Waals surface area contributed by atoms with Crippen molar-refractivity contribution in [1.82, 2.24) is 0 Å². The minimum absolute atomic E-state index is 0. The molecule has 0 aliphatic heterocycles. The first-order valence-electron chi connectivity index (χ1n) is 3.62. The van der Waals surface area contributed by atoms with Crippen LogP contribution in [0.5, 0.6) is 0 Å². The molecule has 0 aliphatic rings. The average Bonchev–Trinajstić information content (AvgIpc) is 2.00. The normalized spacial score (nSPS) is 13.8. The summed E-state index contributed by atoms with van der Waals surface area (Å²) in [4.78, 5) is 31.2. The minimum Gasteiger partial charge on any atom is -0.481 e. The van der Waals surface area contributed by atoms with Crippen LogP contribution in [0, 0.1) is 5.92 Å². The Kier molecular flexibility index (Phi) is 17.7. The molecule has 0 aromatic carbocycles. The second kappa shape index (κ2) is 11.2. The molecule has 0 aliphatic carbocycles. The van der Waals surface area contributed by atoms with Crippen molar-refractivity contribution in [2.24, 2.45) is 5.92 Å². The maximum Gasteiger partial charge on any atom is 0.337 e. The zero-order chi connectivity index (χ0) is 11.5. The second-order valence-corrected chi connectivity index (χ2v) is 2.86. The summed E-state index contributed by atoms with van der Waals surface area (Å²) in [6.07, 6.45) is -1.16. The molecule has 0 aromatic heterocycles. The van der Waals surface area contributed by atoms with E-state index in [1.165, 1.54) is 0 Å². The number of carboxylic acid groups (broad SMARTS) is 3. The van der Waals surface area contributed by atoms with Gasteiger partial charge in [-0.2, -0.15) is 0 Å². The fourth-order valence-corrected chi connectivity index (χ4v) is 0.849. The number of aliphatic carboxylic acids is 3. The van der Waals surface area contributed by atoms with Crippen molar-refractivity contribution in [2.45, 2.75) is 18.9 Å². The minimum atomic E-state index is -2.78. The van der Waals surface area contributed by atoms with Crippen LogP contribution in [0.15, 0.2) is 0 Å². The third-order valence-electron chi connectivity index (χ3n) is 1.88. The van der Waals surface area contributed by atoms with Crippen LogP contribution in [-0.2, 0) is 14.4 Å². The molecule has 4 N–H and O–H groups in total. The van der Waals surface area contributed by atoms with Crippen LogP contribution in [0.2, 0.25) is 0 Å². The molecule has 0 rings (SSSR count). The molecule has 0 spiro atoms. The molecule has 83 valence electrons. The van der Waals surface area contributed by atoms with Crippen molar-refractivity contribution in [3.8, 4) is 0 Å². The van der Waals surface area contributed by atoms with Gasteiger partial charge in [-0.25, -0.2) is 4.79 Å². The van der Waals surface area contributed by atoms with Crippen molar-refractivity contribution in [1.29, 1.82) is 0 Å². The van der Waals surface area contributed by atoms with Gasteiger partial charge in [-0.1, -0.05) is 0 Å². The smallest absolute Gasteiger partial charge is 0.337 e. The molecule has 10 heteroatoms. The monoisotopic (exact) mass is 275 g/mol. The molecule has 0 heterocycles. The van der Waals surface area contributed by atoms with Crippen molar-refractivity contribution in [2.75, 3.05) is 0 Å². The fraction of sp³-hybridized carbons (Fsp3) is 0.571. The maximum atomic E-state index is 10.5. The summed E-state index contributed by atoms with van der Waals surface area (Å²) >= 11 is 0. The Hall–Kier alpha value is 1.37. The van der Waals surface area contributed by atoms with E-state index >= 15 is 0 Å². The third kappa shape index (κ3) is 8.20. The van der Waals surface area contributed by atoms with Gasteiger partial charge in [0.15, 0.2) is 5.60 Å². The molecule has 0 saturated heterocycles. The zero-order valence-corrected chi connectivity index (χ0v) is 16.3. The molecule has 3 radical (unpaired) electrons. The summed E-state index contributed by atoms with van der Waals surface area (Å²) < 4.78 is 0. The maximum absolute atomic E-state index is 10.5. The molecule has 2 atom stereocenters. The molecule has 0 amide bonds. The Morgan fingerprint density at radius 3 is 1.59 bits per heavy atom. The van der Waals surface area contributed by atoms with Gasteiger partial charge in [-0.3, -0.25) is 9.59 Å². The van der Waals surface area contributed by atoms with Gasteiger partial charge < -0.3 is 20.4 Å². The Bertz CT molecular complexity index is 283. The molecule has 0 saturated carbocycles. The van der Waals surface area contributed by atoms with Gasteiger partial charge in [-0.15, -0.1) is 0 Å². The molecular weight excluding hydrogens is 265 g/mol. The zero-order valence-electron chi connectivity index (χ0n) is 10.3. The van der Waals surface area contributed by atoms with Gasteiger partial charge in [0.05, 0.1) is 12.3 Å². The van der Waals surface area contributed by atoms with Crippen LogP contribution >= 0.6 is 0 Å². The van der Waals surface area contributed by atoms with Gasteiger partial charge in [0.1, 0.15) is 0 Å². The van der Waals surface area contributed by atoms with E-state index in [-0.39, 0.29) is 88.7 Å². The number of carbonyl (C=O) groups is 3. The first kappa shape index (κ1) is 26.8. The molecule has 0 bridgehead atoms. The summed E-state index contributed by atoms with van der Waals surface area (Å²) in [5.41, 5.74) is -2.78. The molecule has 7 nitrogen and oxygen atoms in total. The Labute approximate surface area is 164 Å².